The van der Waals surface area contributed by atoms with Crippen molar-refractivity contribution >= 4 is 34.7 Å². The predicted molar refractivity (Wildman–Crippen MR) is 148 cm³/mol. The molecule has 2 heterocycles. The highest BCUT2D eigenvalue weighted by Gasteiger charge is 2.11. The third-order valence-corrected chi connectivity index (χ3v) is 6.00. The molecule has 1 amide bonds. The third-order valence-electron chi connectivity index (χ3n) is 6.00. The van der Waals surface area contributed by atoms with Crippen molar-refractivity contribution in [3.05, 3.63) is 71.4 Å². The van der Waals surface area contributed by atoms with Gasteiger partial charge in [-0.2, -0.15) is 0 Å². The Bertz CT molecular complexity index is 1320. The Morgan fingerprint density at radius 2 is 1.84 bits per heavy atom. The quantitative estimate of drug-likeness (QED) is 0.207. The fraction of sp³-hybridized carbons (Fsp3) is 0.333. The molecule has 10 nitrogen and oxygen atoms in total. The first-order valence-corrected chi connectivity index (χ1v) is 12.6. The lowest BCUT2D eigenvalue weighted by atomic mass is 10.2. The summed E-state index contributed by atoms with van der Waals surface area (Å²) in [5.74, 6) is 0.440. The lowest BCUT2D eigenvalue weighted by molar-refractivity contribution is -0.114. The number of nitrogens with two attached hydrogens (primary N) is 2. The highest BCUT2D eigenvalue weighted by Crippen LogP contribution is 2.20. The van der Waals surface area contributed by atoms with Gasteiger partial charge in [-0.3, -0.25) is 14.7 Å². The molecular formula is C27H35N9O. The zero-order valence-corrected chi connectivity index (χ0v) is 21.2. The molecule has 0 unspecified atom stereocenters. The van der Waals surface area contributed by atoms with Crippen LogP contribution in [0.15, 0.2) is 59.6 Å². The van der Waals surface area contributed by atoms with Crippen molar-refractivity contribution in [2.45, 2.75) is 32.9 Å². The lowest BCUT2D eigenvalue weighted by Gasteiger charge is -2.22. The molecule has 0 aliphatic rings. The number of fused-ring (bicyclic) bond motifs is 1. The Hall–Kier alpha value is -3.86. The number of anilines is 1. The summed E-state index contributed by atoms with van der Waals surface area (Å²) in [5.41, 5.74) is 16.9. The molecule has 0 fully saturated rings. The van der Waals surface area contributed by atoms with Gasteiger partial charge in [0.05, 0.1) is 17.7 Å². The van der Waals surface area contributed by atoms with Crippen LogP contribution in [0.3, 0.4) is 0 Å². The molecule has 6 N–H and O–H groups in total. The molecule has 4 rings (SSSR count). The summed E-state index contributed by atoms with van der Waals surface area (Å²) >= 11 is 0. The van der Waals surface area contributed by atoms with Crippen molar-refractivity contribution < 1.29 is 4.79 Å². The van der Waals surface area contributed by atoms with Gasteiger partial charge in [0, 0.05) is 30.9 Å². The van der Waals surface area contributed by atoms with Crippen LogP contribution < -0.4 is 16.8 Å². The molecule has 0 radical (unpaired) electrons. The summed E-state index contributed by atoms with van der Waals surface area (Å²) < 4.78 is 1.82. The van der Waals surface area contributed by atoms with E-state index >= 15 is 0 Å². The maximum Gasteiger partial charge on any atom is 0.222 e. The number of aromatic amines is 1. The second kappa shape index (κ2) is 12.9. The molecule has 194 valence electrons. The van der Waals surface area contributed by atoms with Gasteiger partial charge in [-0.15, -0.1) is 5.10 Å². The number of para-hydroxylation sites is 1. The number of aliphatic imine (C=N–C) groups is 1. The number of carbonyl (C=O) groups is 1. The van der Waals surface area contributed by atoms with Crippen LogP contribution in [-0.4, -0.2) is 63.2 Å². The van der Waals surface area contributed by atoms with Crippen LogP contribution in [0.4, 0.5) is 11.5 Å². The van der Waals surface area contributed by atoms with Crippen LogP contribution in [0.2, 0.25) is 0 Å². The van der Waals surface area contributed by atoms with Crippen LogP contribution in [0.25, 0.3) is 11.0 Å². The van der Waals surface area contributed by atoms with E-state index in [1.54, 1.807) is 6.21 Å². The minimum absolute atomic E-state index is 0.160. The first kappa shape index (κ1) is 26.2. The highest BCUT2D eigenvalue weighted by atomic mass is 16.1. The van der Waals surface area contributed by atoms with E-state index in [9.17, 15) is 4.79 Å². The van der Waals surface area contributed by atoms with Gasteiger partial charge in [-0.25, -0.2) is 4.68 Å². The molecule has 0 bridgehead atoms. The number of H-pyrrole nitrogens is 1. The van der Waals surface area contributed by atoms with Crippen molar-refractivity contribution in [1.82, 2.24) is 24.9 Å². The number of rotatable bonds is 13. The van der Waals surface area contributed by atoms with Gasteiger partial charge < -0.3 is 21.8 Å². The summed E-state index contributed by atoms with van der Waals surface area (Å²) in [6, 6.07) is 18.0. The van der Waals surface area contributed by atoms with Crippen molar-refractivity contribution in [2.24, 2.45) is 16.5 Å². The van der Waals surface area contributed by atoms with E-state index in [1.165, 1.54) is 12.5 Å². The van der Waals surface area contributed by atoms with Crippen LogP contribution in [0.1, 0.15) is 36.6 Å². The van der Waals surface area contributed by atoms with Gasteiger partial charge in [0.15, 0.2) is 0 Å². The Morgan fingerprint density at radius 1 is 1.11 bits per heavy atom. The molecule has 0 aliphatic heterocycles. The normalized spacial score (nSPS) is 11.7. The average Bonchev–Trinajstić information content (AvgIpc) is 3.48. The zero-order chi connectivity index (χ0) is 26.0. The average molecular weight is 502 g/mol. The molecule has 2 aromatic carbocycles. The number of nitrogens with one attached hydrogen (secondary N) is 2. The van der Waals surface area contributed by atoms with E-state index in [0.29, 0.717) is 25.5 Å². The Balaban J connectivity index is 1.47. The van der Waals surface area contributed by atoms with Crippen molar-refractivity contribution in [1.29, 1.82) is 0 Å². The van der Waals surface area contributed by atoms with Crippen molar-refractivity contribution in [3.63, 3.8) is 0 Å². The Morgan fingerprint density at radius 3 is 2.54 bits per heavy atom. The van der Waals surface area contributed by atoms with Crippen molar-refractivity contribution in [3.8, 4) is 0 Å². The number of carbonyl (C=O) groups excluding carboxylic acids is 1. The van der Waals surface area contributed by atoms with E-state index < -0.39 is 0 Å². The predicted octanol–water partition coefficient (Wildman–Crippen LogP) is 3.02. The summed E-state index contributed by atoms with van der Waals surface area (Å²) in [4.78, 5) is 22.1. The molecule has 10 heteroatoms. The summed E-state index contributed by atoms with van der Waals surface area (Å²) in [6.45, 7) is 6.11. The largest absolute Gasteiger partial charge is 0.343 e. The molecule has 0 saturated heterocycles. The van der Waals surface area contributed by atoms with Crippen molar-refractivity contribution in [2.75, 3.05) is 31.5 Å². The minimum Gasteiger partial charge on any atom is -0.343 e. The molecule has 4 aromatic rings. The SMILES string of the molecule is CC(=O)Nc1[nH]c(Cn2nnc3ccccc32)cc1C=Nc1ccc(CN(CCCN)CCCN)cc1. The highest BCUT2D eigenvalue weighted by molar-refractivity contribution is 5.96. The van der Waals surface area contributed by atoms with E-state index in [-0.39, 0.29) is 5.91 Å². The molecule has 0 saturated carbocycles. The molecule has 2 aromatic heterocycles. The van der Waals surface area contributed by atoms with Gasteiger partial charge in [0.1, 0.15) is 11.3 Å². The molecule has 0 spiro atoms. The van der Waals surface area contributed by atoms with Gasteiger partial charge in [0.25, 0.3) is 0 Å². The fourth-order valence-electron chi connectivity index (χ4n) is 4.18. The molecule has 37 heavy (non-hydrogen) atoms. The monoisotopic (exact) mass is 501 g/mol. The molecular weight excluding hydrogens is 466 g/mol. The summed E-state index contributed by atoms with van der Waals surface area (Å²) in [6.07, 6.45) is 3.69. The van der Waals surface area contributed by atoms with Crippen LogP contribution >= 0.6 is 0 Å². The van der Waals surface area contributed by atoms with E-state index in [2.05, 4.69) is 42.6 Å². The van der Waals surface area contributed by atoms with Gasteiger partial charge >= 0.3 is 0 Å². The smallest absolute Gasteiger partial charge is 0.222 e. The Kier molecular flexibility index (Phi) is 9.14. The standard InChI is InChI=1S/C27H35N9O/c1-20(37)31-27-22(16-24(32-27)19-36-26-7-3-2-6-25(26)33-34-36)17-30-23-10-8-21(9-11-23)18-35(14-4-12-28)15-5-13-29/h2-3,6-11,16-17,32H,4-5,12-15,18-19,28-29H2,1H3,(H,31,37). The third kappa shape index (κ3) is 7.32. The van der Waals surface area contributed by atoms with E-state index in [0.717, 1.165) is 60.5 Å². The summed E-state index contributed by atoms with van der Waals surface area (Å²) in [7, 11) is 0. The first-order valence-electron chi connectivity index (χ1n) is 12.6. The van der Waals surface area contributed by atoms with Crippen LogP contribution in [0.5, 0.6) is 0 Å². The van der Waals surface area contributed by atoms with Gasteiger partial charge in [0.2, 0.25) is 5.91 Å². The van der Waals surface area contributed by atoms with Crippen LogP contribution in [0, 0.1) is 0 Å². The number of nitrogens with zero attached hydrogens (tertiary/aromatic N) is 5. The maximum atomic E-state index is 11.8. The van der Waals surface area contributed by atoms with E-state index in [4.69, 9.17) is 11.5 Å². The minimum atomic E-state index is -0.160. The molecule has 0 atom stereocenters. The number of aromatic nitrogens is 4. The maximum absolute atomic E-state index is 11.8. The number of hydrogen-bond donors (Lipinski definition) is 4. The number of benzene rings is 2. The van der Waals surface area contributed by atoms with Crippen LogP contribution in [-0.2, 0) is 17.9 Å². The summed E-state index contributed by atoms with van der Waals surface area (Å²) in [5, 5.41) is 11.3. The first-order chi connectivity index (χ1) is 18.1. The lowest BCUT2D eigenvalue weighted by Crippen LogP contribution is -2.28. The second-order valence-corrected chi connectivity index (χ2v) is 9.03. The zero-order valence-electron chi connectivity index (χ0n) is 21.2. The second-order valence-electron chi connectivity index (χ2n) is 9.03. The molecule has 0 aliphatic carbocycles. The Labute approximate surface area is 216 Å². The van der Waals surface area contributed by atoms with Gasteiger partial charge in [-0.1, -0.05) is 29.5 Å². The topological polar surface area (TPSA) is 143 Å². The number of amides is 1. The van der Waals surface area contributed by atoms with E-state index in [1.807, 2.05) is 47.1 Å². The number of hydrogen-bond acceptors (Lipinski definition) is 7. The fourth-order valence-corrected chi connectivity index (χ4v) is 4.18. The van der Waals surface area contributed by atoms with Gasteiger partial charge in [-0.05, 0) is 74.9 Å².